The van der Waals surface area contributed by atoms with Crippen LogP contribution in [0.25, 0.3) is 0 Å². The number of amides is 2. The highest BCUT2D eigenvalue weighted by atomic mass is 35.5. The number of carbonyl (C=O) groups excluding carboxylic acids is 2. The number of ether oxygens (including phenoxy) is 3. The Kier molecular flexibility index (Phi) is 5.95. The fourth-order valence-corrected chi connectivity index (χ4v) is 5.23. The molecule has 2 aromatic heterocycles. The molecule has 1 aliphatic rings. The van der Waals surface area contributed by atoms with Crippen LogP contribution in [0.1, 0.15) is 23.0 Å². The van der Waals surface area contributed by atoms with E-state index in [0.29, 0.717) is 0 Å². The Morgan fingerprint density at radius 3 is 2.67 bits per heavy atom. The van der Waals surface area contributed by atoms with E-state index < -0.39 is 21.8 Å². The first-order valence-corrected chi connectivity index (χ1v) is 12.0. The zero-order valence-electron chi connectivity index (χ0n) is 17.4. The van der Waals surface area contributed by atoms with Gasteiger partial charge in [-0.1, -0.05) is 16.8 Å². The van der Waals surface area contributed by atoms with Crippen LogP contribution >= 0.6 is 22.9 Å². The normalized spacial score (nSPS) is 12.5. The number of aryl methyl sites for hydroxylation is 1. The Morgan fingerprint density at radius 1 is 1.33 bits per heavy atom. The maximum Gasteiger partial charge on any atom is 0.343 e. The van der Waals surface area contributed by atoms with Crippen molar-refractivity contribution in [3.05, 3.63) is 39.2 Å². The molecule has 1 aromatic carbocycles. The van der Waals surface area contributed by atoms with Crippen molar-refractivity contribution in [1.29, 1.82) is 0 Å². The molecule has 0 atom stereocenters. The van der Waals surface area contributed by atoms with Crippen molar-refractivity contribution in [1.82, 2.24) is 9.88 Å². The van der Waals surface area contributed by atoms with Crippen LogP contribution in [-0.2, 0) is 10.0 Å². The number of aromatic nitrogens is 1. The fraction of sp³-hybridized carbons (Fsp3) is 0.211. The van der Waals surface area contributed by atoms with Crippen molar-refractivity contribution >= 4 is 56.3 Å². The molecule has 4 rings (SSSR count). The molecule has 0 saturated heterocycles. The predicted molar refractivity (Wildman–Crippen MR) is 118 cm³/mol. The Balaban J connectivity index is 1.95. The van der Waals surface area contributed by atoms with Crippen molar-refractivity contribution < 1.29 is 36.7 Å². The molecule has 3 heterocycles. The van der Waals surface area contributed by atoms with Gasteiger partial charge in [-0.3, -0.25) is 4.79 Å². The van der Waals surface area contributed by atoms with Crippen LogP contribution in [0.2, 0.25) is 5.02 Å². The highest BCUT2D eigenvalue weighted by molar-refractivity contribution is 7.90. The van der Waals surface area contributed by atoms with Crippen LogP contribution < -0.4 is 23.8 Å². The molecule has 0 radical (unpaired) electrons. The van der Waals surface area contributed by atoms with Gasteiger partial charge in [0.05, 0.1) is 17.6 Å². The second-order valence-corrected chi connectivity index (χ2v) is 9.53. The number of Topliss-reactive ketones (excluding diaryl/α,β-unsaturated/α-hetero) is 1. The number of sulfonamides is 1. The predicted octanol–water partition coefficient (Wildman–Crippen LogP) is 3.87. The van der Waals surface area contributed by atoms with Gasteiger partial charge < -0.3 is 18.7 Å². The molecule has 33 heavy (non-hydrogen) atoms. The van der Waals surface area contributed by atoms with Crippen LogP contribution in [0.4, 0.5) is 16.4 Å². The number of halogens is 1. The van der Waals surface area contributed by atoms with Crippen molar-refractivity contribution in [2.24, 2.45) is 0 Å². The number of thiophene rings is 1. The largest absolute Gasteiger partial charge is 0.494 e. The molecule has 3 aromatic rings. The van der Waals surface area contributed by atoms with E-state index in [9.17, 15) is 18.0 Å². The molecule has 1 N–H and O–H groups in total. The van der Waals surface area contributed by atoms with Crippen LogP contribution in [0.15, 0.2) is 32.3 Å². The number of hydrogen-bond acceptors (Lipinski definition) is 10. The second-order valence-electron chi connectivity index (χ2n) is 6.68. The average Bonchev–Trinajstić information content (AvgIpc) is 3.51. The zero-order chi connectivity index (χ0) is 23.9. The number of fused-ring (bicyclic) bond motifs is 1. The maximum absolute atomic E-state index is 13.4. The molecule has 0 fully saturated rings. The highest BCUT2D eigenvalue weighted by Gasteiger charge is 2.38. The standard InChI is InChI=1S/C19H16ClN3O8S2/c1-9-15(20)18(31-21-9)23(19(25)22-33(26,27)11-4-5-32-7-11)16-12(28-3)6-13-17(30-8-29-13)14(16)10(2)24/h4-7H,8H2,1-3H3,(H,22,25). The fourth-order valence-electron chi connectivity index (χ4n) is 3.12. The lowest BCUT2D eigenvalue weighted by atomic mass is 10.0. The van der Waals surface area contributed by atoms with E-state index in [-0.39, 0.29) is 56.8 Å². The lowest BCUT2D eigenvalue weighted by molar-refractivity contribution is 0.101. The molecule has 1 aliphatic heterocycles. The number of hydrogen-bond donors (Lipinski definition) is 1. The molecule has 0 bridgehead atoms. The minimum atomic E-state index is -4.27. The average molecular weight is 514 g/mol. The molecular formula is C19H16ClN3O8S2. The van der Waals surface area contributed by atoms with Gasteiger partial charge in [-0.2, -0.15) is 11.3 Å². The van der Waals surface area contributed by atoms with E-state index in [4.69, 9.17) is 30.3 Å². The van der Waals surface area contributed by atoms with E-state index >= 15 is 0 Å². The Labute approximate surface area is 196 Å². The number of nitrogens with one attached hydrogen (secondary N) is 1. The monoisotopic (exact) mass is 513 g/mol. The molecule has 0 spiro atoms. The first-order valence-electron chi connectivity index (χ1n) is 9.18. The Morgan fingerprint density at radius 2 is 2.09 bits per heavy atom. The van der Waals surface area contributed by atoms with Gasteiger partial charge in [0.25, 0.3) is 15.9 Å². The molecular weight excluding hydrogens is 498 g/mol. The number of ketones is 1. The molecule has 0 unspecified atom stereocenters. The number of methoxy groups -OCH3 is 1. The topological polar surface area (TPSA) is 137 Å². The van der Waals surface area contributed by atoms with Crippen LogP contribution in [-0.4, -0.2) is 39.3 Å². The van der Waals surface area contributed by atoms with Gasteiger partial charge in [-0.25, -0.2) is 22.8 Å². The summed E-state index contributed by atoms with van der Waals surface area (Å²) in [5.41, 5.74) is -0.0328. The first kappa shape index (κ1) is 22.9. The molecule has 0 aliphatic carbocycles. The zero-order valence-corrected chi connectivity index (χ0v) is 19.8. The summed E-state index contributed by atoms with van der Waals surface area (Å²) < 4.78 is 48.9. The molecule has 14 heteroatoms. The summed E-state index contributed by atoms with van der Waals surface area (Å²) in [4.78, 5) is 26.7. The summed E-state index contributed by atoms with van der Waals surface area (Å²) in [5, 5.41) is 6.56. The van der Waals surface area contributed by atoms with Crippen molar-refractivity contribution in [3.63, 3.8) is 0 Å². The van der Waals surface area contributed by atoms with Crippen molar-refractivity contribution in [2.75, 3.05) is 18.8 Å². The summed E-state index contributed by atoms with van der Waals surface area (Å²) in [5.74, 6) is -0.572. The number of nitrogens with zero attached hydrogens (tertiary/aromatic N) is 2. The molecule has 0 saturated carbocycles. The van der Waals surface area contributed by atoms with Gasteiger partial charge in [0.2, 0.25) is 6.79 Å². The summed E-state index contributed by atoms with van der Waals surface area (Å²) in [7, 11) is -2.96. The first-order chi connectivity index (χ1) is 15.7. The summed E-state index contributed by atoms with van der Waals surface area (Å²) in [6, 6.07) is 1.53. The number of rotatable bonds is 6. The quantitative estimate of drug-likeness (QED) is 0.486. The minimum absolute atomic E-state index is 0.00217. The van der Waals surface area contributed by atoms with Crippen molar-refractivity contribution in [2.45, 2.75) is 18.7 Å². The third-order valence-electron chi connectivity index (χ3n) is 4.60. The smallest absolute Gasteiger partial charge is 0.343 e. The number of benzene rings is 1. The van der Waals surface area contributed by atoms with E-state index in [0.717, 1.165) is 16.2 Å². The SMILES string of the molecule is COc1cc2c(c(C(C)=O)c1N(C(=O)NS(=O)(=O)c1ccsc1)c1onc(C)c1Cl)OCO2. The van der Waals surface area contributed by atoms with E-state index in [1.165, 1.54) is 38.5 Å². The van der Waals surface area contributed by atoms with Gasteiger partial charge in [-0.15, -0.1) is 0 Å². The van der Waals surface area contributed by atoms with Crippen LogP contribution in [0, 0.1) is 6.92 Å². The van der Waals surface area contributed by atoms with E-state index in [1.807, 2.05) is 4.72 Å². The number of anilines is 2. The van der Waals surface area contributed by atoms with Gasteiger partial charge >= 0.3 is 6.03 Å². The Hall–Kier alpha value is -3.29. The number of urea groups is 1. The summed E-state index contributed by atoms with van der Waals surface area (Å²) >= 11 is 7.44. The van der Waals surface area contributed by atoms with Gasteiger partial charge in [0.1, 0.15) is 22.2 Å². The van der Waals surface area contributed by atoms with Gasteiger partial charge in [0, 0.05) is 11.4 Å². The highest BCUT2D eigenvalue weighted by Crippen LogP contribution is 2.50. The van der Waals surface area contributed by atoms with Crippen LogP contribution in [0.5, 0.6) is 17.2 Å². The van der Waals surface area contributed by atoms with Gasteiger partial charge in [0.15, 0.2) is 17.3 Å². The third-order valence-corrected chi connectivity index (χ3v) is 7.19. The van der Waals surface area contributed by atoms with Crippen molar-refractivity contribution in [3.8, 4) is 17.2 Å². The molecule has 2 amide bonds. The lowest BCUT2D eigenvalue weighted by Gasteiger charge is -2.25. The Bertz CT molecular complexity index is 1350. The minimum Gasteiger partial charge on any atom is -0.494 e. The number of carbonyl (C=O) groups is 2. The van der Waals surface area contributed by atoms with E-state index in [1.54, 1.807) is 5.38 Å². The molecule has 11 nitrogen and oxygen atoms in total. The lowest BCUT2D eigenvalue weighted by Crippen LogP contribution is -2.41. The summed E-state index contributed by atoms with van der Waals surface area (Å²) in [6.45, 7) is 2.60. The summed E-state index contributed by atoms with van der Waals surface area (Å²) in [6.07, 6.45) is 0. The third kappa shape index (κ3) is 3.98. The second kappa shape index (κ2) is 8.57. The van der Waals surface area contributed by atoms with E-state index in [2.05, 4.69) is 5.16 Å². The maximum atomic E-state index is 13.4. The van der Waals surface area contributed by atoms with Crippen LogP contribution in [0.3, 0.4) is 0 Å². The van der Waals surface area contributed by atoms with Gasteiger partial charge in [-0.05, 0) is 25.3 Å². The molecule has 174 valence electrons.